The molecule has 0 fully saturated rings. The van der Waals surface area contributed by atoms with Crippen LogP contribution in [0.1, 0.15) is 16.7 Å². The number of rotatable bonds is 8. The molecule has 162 valence electrons. The Bertz CT molecular complexity index is 1150. The van der Waals surface area contributed by atoms with Crippen LogP contribution in [0.3, 0.4) is 0 Å². The van der Waals surface area contributed by atoms with Gasteiger partial charge < -0.3 is 5.32 Å². The maximum Gasteiger partial charge on any atom is 0.243 e. The molecule has 3 rings (SSSR count). The highest BCUT2D eigenvalue weighted by Crippen LogP contribution is 2.22. The predicted molar refractivity (Wildman–Crippen MR) is 118 cm³/mol. The van der Waals surface area contributed by atoms with E-state index in [1.54, 1.807) is 48.5 Å². The van der Waals surface area contributed by atoms with Gasteiger partial charge in [-0.3, -0.25) is 4.79 Å². The molecule has 0 radical (unpaired) electrons. The highest BCUT2D eigenvalue weighted by Gasteiger charge is 2.27. The summed E-state index contributed by atoms with van der Waals surface area (Å²) in [5, 5.41) is 3.10. The Morgan fingerprint density at radius 1 is 1.00 bits per heavy atom. The number of aryl methyl sites for hydroxylation is 1. The van der Waals surface area contributed by atoms with Crippen molar-refractivity contribution < 1.29 is 17.6 Å². The number of carbonyl (C=O) groups excluding carboxylic acids is 1. The van der Waals surface area contributed by atoms with Crippen molar-refractivity contribution >= 4 is 27.5 Å². The van der Waals surface area contributed by atoms with E-state index in [2.05, 4.69) is 5.32 Å². The van der Waals surface area contributed by atoms with E-state index in [1.807, 2.05) is 6.92 Å². The Labute approximate surface area is 186 Å². The van der Waals surface area contributed by atoms with Crippen molar-refractivity contribution in [2.75, 3.05) is 6.54 Å². The zero-order valence-electron chi connectivity index (χ0n) is 16.9. The zero-order valence-corrected chi connectivity index (χ0v) is 18.5. The molecule has 8 heteroatoms. The van der Waals surface area contributed by atoms with E-state index < -0.39 is 15.9 Å². The normalized spacial score (nSPS) is 11.5. The first kappa shape index (κ1) is 22.9. The van der Waals surface area contributed by atoms with Gasteiger partial charge in [0.1, 0.15) is 5.82 Å². The molecule has 0 aliphatic carbocycles. The number of nitrogens with zero attached hydrogens (tertiary/aromatic N) is 1. The molecule has 0 spiro atoms. The minimum absolute atomic E-state index is 0.0557. The fourth-order valence-corrected chi connectivity index (χ4v) is 4.49. The largest absolute Gasteiger partial charge is 0.351 e. The summed E-state index contributed by atoms with van der Waals surface area (Å²) < 4.78 is 40.7. The molecule has 0 heterocycles. The topological polar surface area (TPSA) is 66.5 Å². The van der Waals surface area contributed by atoms with Gasteiger partial charge in [-0.15, -0.1) is 0 Å². The quantitative estimate of drug-likeness (QED) is 0.545. The monoisotopic (exact) mass is 460 g/mol. The Hall–Kier alpha value is -2.74. The van der Waals surface area contributed by atoms with E-state index in [4.69, 9.17) is 11.6 Å². The van der Waals surface area contributed by atoms with Gasteiger partial charge >= 0.3 is 0 Å². The van der Waals surface area contributed by atoms with Crippen molar-refractivity contribution in [1.29, 1.82) is 0 Å². The summed E-state index contributed by atoms with van der Waals surface area (Å²) in [4.78, 5) is 12.7. The summed E-state index contributed by atoms with van der Waals surface area (Å²) in [6.45, 7) is 1.58. The van der Waals surface area contributed by atoms with Crippen LogP contribution in [0.15, 0.2) is 77.7 Å². The van der Waals surface area contributed by atoms with E-state index in [0.29, 0.717) is 16.1 Å². The molecule has 1 N–H and O–H groups in total. The predicted octanol–water partition coefficient (Wildman–Crippen LogP) is 4.29. The molecule has 0 saturated carbocycles. The average molecular weight is 461 g/mol. The standard InChI is InChI=1S/C23H22ClFN2O3S/c1-17-6-12-21(13-7-17)31(29,30)27(15-19-4-2-3-5-22(19)24)16-23(28)26-14-18-8-10-20(25)11-9-18/h2-13H,14-16H2,1H3,(H,26,28). The SMILES string of the molecule is Cc1ccc(S(=O)(=O)N(CC(=O)NCc2ccc(F)cc2)Cc2ccccc2Cl)cc1. The lowest BCUT2D eigenvalue weighted by atomic mass is 10.2. The lowest BCUT2D eigenvalue weighted by Gasteiger charge is -2.22. The number of benzene rings is 3. The molecular weight excluding hydrogens is 439 g/mol. The van der Waals surface area contributed by atoms with Gasteiger partial charge in [-0.05, 0) is 48.4 Å². The summed E-state index contributed by atoms with van der Waals surface area (Å²) in [5.41, 5.74) is 2.22. The molecule has 1 amide bonds. The molecule has 0 saturated heterocycles. The number of halogens is 2. The second-order valence-electron chi connectivity index (χ2n) is 7.08. The summed E-state index contributed by atoms with van der Waals surface area (Å²) in [5.74, 6) is -0.850. The third-order valence-electron chi connectivity index (χ3n) is 4.69. The molecule has 0 bridgehead atoms. The van der Waals surface area contributed by atoms with Gasteiger partial charge in [-0.25, -0.2) is 12.8 Å². The Kier molecular flexibility index (Phi) is 7.43. The molecule has 0 atom stereocenters. The molecule has 3 aromatic carbocycles. The van der Waals surface area contributed by atoms with Crippen LogP contribution in [0, 0.1) is 12.7 Å². The second kappa shape index (κ2) is 10.0. The summed E-state index contributed by atoms with van der Waals surface area (Å²) in [7, 11) is -3.95. The fourth-order valence-electron chi connectivity index (χ4n) is 2.92. The van der Waals surface area contributed by atoms with E-state index in [-0.39, 0.29) is 30.3 Å². The van der Waals surface area contributed by atoms with E-state index >= 15 is 0 Å². The van der Waals surface area contributed by atoms with Crippen molar-refractivity contribution in [3.05, 3.63) is 100 Å². The first-order valence-corrected chi connectivity index (χ1v) is 11.4. The van der Waals surface area contributed by atoms with Crippen LogP contribution < -0.4 is 5.32 Å². The van der Waals surface area contributed by atoms with Crippen LogP contribution >= 0.6 is 11.6 Å². The second-order valence-corrected chi connectivity index (χ2v) is 9.43. The highest BCUT2D eigenvalue weighted by atomic mass is 35.5. The number of sulfonamides is 1. The maximum atomic E-state index is 13.3. The van der Waals surface area contributed by atoms with Gasteiger partial charge in [0.2, 0.25) is 15.9 Å². The first-order chi connectivity index (χ1) is 14.8. The molecule has 31 heavy (non-hydrogen) atoms. The lowest BCUT2D eigenvalue weighted by molar-refractivity contribution is -0.121. The van der Waals surface area contributed by atoms with Gasteiger partial charge in [0.15, 0.2) is 0 Å². The lowest BCUT2D eigenvalue weighted by Crippen LogP contribution is -2.40. The van der Waals surface area contributed by atoms with E-state index in [0.717, 1.165) is 9.87 Å². The summed E-state index contributed by atoms with van der Waals surface area (Å²) in [6, 6.07) is 19.0. The van der Waals surface area contributed by atoms with Crippen LogP contribution in [0.5, 0.6) is 0 Å². The van der Waals surface area contributed by atoms with Gasteiger partial charge in [-0.2, -0.15) is 4.31 Å². The highest BCUT2D eigenvalue weighted by molar-refractivity contribution is 7.89. The third-order valence-corrected chi connectivity index (χ3v) is 6.86. The van der Waals surface area contributed by atoms with Gasteiger partial charge in [0.25, 0.3) is 0 Å². The number of hydrogen-bond donors (Lipinski definition) is 1. The van der Waals surface area contributed by atoms with Crippen LogP contribution in [0.4, 0.5) is 4.39 Å². The first-order valence-electron chi connectivity index (χ1n) is 9.57. The van der Waals surface area contributed by atoms with Crippen LogP contribution in [-0.2, 0) is 27.9 Å². The Balaban J connectivity index is 1.81. The summed E-state index contributed by atoms with van der Waals surface area (Å²) in [6.07, 6.45) is 0. The number of carbonyl (C=O) groups is 1. The maximum absolute atomic E-state index is 13.3. The average Bonchev–Trinajstić information content (AvgIpc) is 2.74. The van der Waals surface area contributed by atoms with Gasteiger partial charge in [0.05, 0.1) is 11.4 Å². The number of nitrogens with one attached hydrogen (secondary N) is 1. The fraction of sp³-hybridized carbons (Fsp3) is 0.174. The number of hydrogen-bond acceptors (Lipinski definition) is 3. The van der Waals surface area contributed by atoms with Gasteiger partial charge in [-0.1, -0.05) is 59.6 Å². The van der Waals surface area contributed by atoms with Crippen molar-refractivity contribution in [2.24, 2.45) is 0 Å². The van der Waals surface area contributed by atoms with E-state index in [1.165, 1.54) is 24.3 Å². The number of amides is 1. The minimum Gasteiger partial charge on any atom is -0.351 e. The summed E-state index contributed by atoms with van der Waals surface area (Å²) >= 11 is 6.22. The zero-order chi connectivity index (χ0) is 22.4. The Morgan fingerprint density at radius 3 is 2.29 bits per heavy atom. The van der Waals surface area contributed by atoms with Gasteiger partial charge in [0, 0.05) is 18.1 Å². The molecule has 0 aromatic heterocycles. The molecule has 3 aromatic rings. The molecule has 0 aliphatic rings. The Morgan fingerprint density at radius 2 is 1.65 bits per heavy atom. The van der Waals surface area contributed by atoms with Crippen LogP contribution in [-0.4, -0.2) is 25.2 Å². The van der Waals surface area contributed by atoms with Crippen LogP contribution in [0.25, 0.3) is 0 Å². The van der Waals surface area contributed by atoms with Crippen molar-refractivity contribution in [3.63, 3.8) is 0 Å². The molecule has 0 aliphatic heterocycles. The molecular formula is C23H22ClFN2O3S. The van der Waals surface area contributed by atoms with Crippen molar-refractivity contribution in [2.45, 2.75) is 24.9 Å². The van der Waals surface area contributed by atoms with E-state index in [9.17, 15) is 17.6 Å². The molecule has 0 unspecified atom stereocenters. The van der Waals surface area contributed by atoms with Crippen molar-refractivity contribution in [3.8, 4) is 0 Å². The van der Waals surface area contributed by atoms with Crippen LogP contribution in [0.2, 0.25) is 5.02 Å². The third kappa shape index (κ3) is 6.13. The minimum atomic E-state index is -3.95. The molecule has 5 nitrogen and oxygen atoms in total. The van der Waals surface area contributed by atoms with Crippen molar-refractivity contribution in [1.82, 2.24) is 9.62 Å². The smallest absolute Gasteiger partial charge is 0.243 e.